The molecule has 5 heteroatoms. The van der Waals surface area contributed by atoms with E-state index in [9.17, 15) is 0 Å². The SMILES string of the molecule is CC(C)COc1cnc(Br)cc1-c1cnco1. The summed E-state index contributed by atoms with van der Waals surface area (Å²) < 4.78 is 11.7. The number of aromatic nitrogens is 2. The molecule has 0 saturated heterocycles. The first-order chi connectivity index (χ1) is 8.16. The van der Waals surface area contributed by atoms with Gasteiger partial charge < -0.3 is 9.15 Å². The summed E-state index contributed by atoms with van der Waals surface area (Å²) in [5.74, 6) is 1.84. The summed E-state index contributed by atoms with van der Waals surface area (Å²) in [5.41, 5.74) is 0.852. The Hall–Kier alpha value is -1.36. The minimum Gasteiger partial charge on any atom is -0.491 e. The minimum atomic E-state index is 0.459. The lowest BCUT2D eigenvalue weighted by Crippen LogP contribution is -2.05. The fourth-order valence-corrected chi connectivity index (χ4v) is 1.66. The van der Waals surface area contributed by atoms with Crippen LogP contribution < -0.4 is 4.74 Å². The van der Waals surface area contributed by atoms with E-state index in [0.29, 0.717) is 24.0 Å². The maximum atomic E-state index is 5.71. The van der Waals surface area contributed by atoms with Gasteiger partial charge in [0.1, 0.15) is 10.4 Å². The Kier molecular flexibility index (Phi) is 3.78. The van der Waals surface area contributed by atoms with Gasteiger partial charge in [-0.2, -0.15) is 0 Å². The monoisotopic (exact) mass is 296 g/mol. The third kappa shape index (κ3) is 3.06. The van der Waals surface area contributed by atoms with Crippen molar-refractivity contribution in [3.63, 3.8) is 0 Å². The van der Waals surface area contributed by atoms with Gasteiger partial charge >= 0.3 is 0 Å². The molecule has 4 nitrogen and oxygen atoms in total. The van der Waals surface area contributed by atoms with Crippen LogP contribution in [0.4, 0.5) is 0 Å². The second kappa shape index (κ2) is 5.31. The second-order valence-corrected chi connectivity index (χ2v) is 4.89. The molecule has 0 aliphatic rings. The highest BCUT2D eigenvalue weighted by Crippen LogP contribution is 2.31. The average Bonchev–Trinajstić information content (AvgIpc) is 2.80. The highest BCUT2D eigenvalue weighted by Gasteiger charge is 2.11. The van der Waals surface area contributed by atoms with Gasteiger partial charge in [-0.1, -0.05) is 13.8 Å². The standard InChI is InChI=1S/C12H13BrN2O2/c1-8(2)6-16-11-5-15-12(13)3-9(11)10-4-14-7-17-10/h3-5,7-8H,6H2,1-2H3. The first kappa shape index (κ1) is 12.1. The van der Waals surface area contributed by atoms with Crippen molar-refractivity contribution in [1.82, 2.24) is 9.97 Å². The van der Waals surface area contributed by atoms with Crippen molar-refractivity contribution in [3.05, 3.63) is 29.5 Å². The van der Waals surface area contributed by atoms with Crippen molar-refractivity contribution in [2.24, 2.45) is 5.92 Å². The zero-order valence-electron chi connectivity index (χ0n) is 9.68. The van der Waals surface area contributed by atoms with Crippen LogP contribution in [-0.2, 0) is 0 Å². The Morgan fingerprint density at radius 1 is 1.41 bits per heavy atom. The van der Waals surface area contributed by atoms with Gasteiger partial charge in [-0.15, -0.1) is 0 Å². The van der Waals surface area contributed by atoms with E-state index in [-0.39, 0.29) is 0 Å². The Morgan fingerprint density at radius 2 is 2.24 bits per heavy atom. The van der Waals surface area contributed by atoms with Crippen LogP contribution >= 0.6 is 15.9 Å². The number of oxazole rings is 1. The van der Waals surface area contributed by atoms with Crippen molar-refractivity contribution >= 4 is 15.9 Å². The smallest absolute Gasteiger partial charge is 0.181 e. The molecular formula is C12H13BrN2O2. The van der Waals surface area contributed by atoms with Crippen molar-refractivity contribution in [3.8, 4) is 17.1 Å². The van der Waals surface area contributed by atoms with Crippen LogP contribution in [0, 0.1) is 5.92 Å². The number of hydrogen-bond donors (Lipinski definition) is 0. The predicted octanol–water partition coefficient (Wildman–Crippen LogP) is 3.53. The Balaban J connectivity index is 2.31. The van der Waals surface area contributed by atoms with Gasteiger partial charge in [-0.05, 0) is 27.9 Å². The van der Waals surface area contributed by atoms with Crippen LogP contribution in [0.3, 0.4) is 0 Å². The molecule has 0 fully saturated rings. The van der Waals surface area contributed by atoms with Gasteiger partial charge in [0.25, 0.3) is 0 Å². The average molecular weight is 297 g/mol. The molecule has 0 amide bonds. The van der Waals surface area contributed by atoms with Crippen LogP contribution in [0.25, 0.3) is 11.3 Å². The first-order valence-electron chi connectivity index (χ1n) is 5.34. The summed E-state index contributed by atoms with van der Waals surface area (Å²) in [6.07, 6.45) is 4.74. The summed E-state index contributed by atoms with van der Waals surface area (Å²) in [6.45, 7) is 4.84. The van der Waals surface area contributed by atoms with Gasteiger partial charge in [-0.25, -0.2) is 9.97 Å². The van der Waals surface area contributed by atoms with E-state index >= 15 is 0 Å². The molecule has 0 saturated carbocycles. The number of hydrogen-bond acceptors (Lipinski definition) is 4. The first-order valence-corrected chi connectivity index (χ1v) is 6.13. The lowest BCUT2D eigenvalue weighted by atomic mass is 10.2. The van der Waals surface area contributed by atoms with Crippen molar-refractivity contribution in [2.45, 2.75) is 13.8 Å². The molecule has 2 aromatic heterocycles. The lowest BCUT2D eigenvalue weighted by molar-refractivity contribution is 0.270. The fourth-order valence-electron chi connectivity index (χ4n) is 1.33. The molecule has 0 radical (unpaired) electrons. The van der Waals surface area contributed by atoms with Crippen LogP contribution in [-0.4, -0.2) is 16.6 Å². The highest BCUT2D eigenvalue weighted by molar-refractivity contribution is 9.10. The molecule has 0 aliphatic heterocycles. The number of rotatable bonds is 4. The highest BCUT2D eigenvalue weighted by atomic mass is 79.9. The molecule has 2 rings (SSSR count). The van der Waals surface area contributed by atoms with Gasteiger partial charge in [0.15, 0.2) is 12.2 Å². The zero-order valence-corrected chi connectivity index (χ0v) is 11.3. The van der Waals surface area contributed by atoms with Gasteiger partial charge in [-0.3, -0.25) is 0 Å². The number of nitrogens with zero attached hydrogens (tertiary/aromatic N) is 2. The maximum Gasteiger partial charge on any atom is 0.181 e. The third-order valence-electron chi connectivity index (χ3n) is 2.10. The van der Waals surface area contributed by atoms with E-state index in [1.54, 1.807) is 12.4 Å². The van der Waals surface area contributed by atoms with Crippen LogP contribution in [0.15, 0.2) is 33.9 Å². The number of ether oxygens (including phenoxy) is 1. The van der Waals surface area contributed by atoms with Crippen molar-refractivity contribution in [2.75, 3.05) is 6.61 Å². The van der Waals surface area contributed by atoms with Crippen molar-refractivity contribution in [1.29, 1.82) is 0 Å². The maximum absolute atomic E-state index is 5.71. The lowest BCUT2D eigenvalue weighted by Gasteiger charge is -2.11. The van der Waals surface area contributed by atoms with Crippen LogP contribution in [0.1, 0.15) is 13.8 Å². The van der Waals surface area contributed by atoms with E-state index in [4.69, 9.17) is 9.15 Å². The molecule has 90 valence electrons. The number of pyridine rings is 1. The normalized spacial score (nSPS) is 10.8. The van der Waals surface area contributed by atoms with Crippen molar-refractivity contribution < 1.29 is 9.15 Å². The van der Waals surface area contributed by atoms with E-state index in [2.05, 4.69) is 39.7 Å². The van der Waals surface area contributed by atoms with Crippen LogP contribution in [0.2, 0.25) is 0 Å². The topological polar surface area (TPSA) is 48.2 Å². The summed E-state index contributed by atoms with van der Waals surface area (Å²) in [4.78, 5) is 8.06. The van der Waals surface area contributed by atoms with E-state index in [1.807, 2.05) is 6.07 Å². The van der Waals surface area contributed by atoms with Gasteiger partial charge in [0, 0.05) is 0 Å². The molecule has 0 bridgehead atoms. The second-order valence-electron chi connectivity index (χ2n) is 4.07. The van der Waals surface area contributed by atoms with E-state index in [1.165, 1.54) is 6.39 Å². The van der Waals surface area contributed by atoms with Gasteiger partial charge in [0.05, 0.1) is 24.6 Å². The Bertz CT molecular complexity index is 483. The van der Waals surface area contributed by atoms with Gasteiger partial charge in [0.2, 0.25) is 0 Å². The largest absolute Gasteiger partial charge is 0.491 e. The van der Waals surface area contributed by atoms with E-state index < -0.39 is 0 Å². The molecule has 17 heavy (non-hydrogen) atoms. The molecule has 0 atom stereocenters. The minimum absolute atomic E-state index is 0.459. The summed E-state index contributed by atoms with van der Waals surface area (Å²) in [6, 6.07) is 1.86. The molecule has 0 N–H and O–H groups in total. The summed E-state index contributed by atoms with van der Waals surface area (Å²) in [7, 11) is 0. The van der Waals surface area contributed by atoms with Crippen LogP contribution in [0.5, 0.6) is 5.75 Å². The molecule has 0 aliphatic carbocycles. The molecular weight excluding hydrogens is 284 g/mol. The molecule has 0 unspecified atom stereocenters. The number of halogens is 1. The predicted molar refractivity (Wildman–Crippen MR) is 67.8 cm³/mol. The quantitative estimate of drug-likeness (QED) is 0.810. The van der Waals surface area contributed by atoms with E-state index in [0.717, 1.165) is 10.2 Å². The summed E-state index contributed by atoms with van der Waals surface area (Å²) in [5, 5.41) is 0. The summed E-state index contributed by atoms with van der Waals surface area (Å²) >= 11 is 3.33. The zero-order chi connectivity index (χ0) is 12.3. The Labute approximate surface area is 108 Å². The molecule has 0 spiro atoms. The Morgan fingerprint density at radius 3 is 2.88 bits per heavy atom. The molecule has 2 aromatic rings. The third-order valence-corrected chi connectivity index (χ3v) is 2.54. The molecule has 0 aromatic carbocycles. The molecule has 2 heterocycles. The fraction of sp³-hybridized carbons (Fsp3) is 0.333.